The number of Topliss-reactive ketones (excluding diaryl/α,β-unsaturated/α-hetero) is 1. The molecule has 1 aliphatic heterocycles. The van der Waals surface area contributed by atoms with E-state index < -0.39 is 10.0 Å². The number of carbonyl (C=O) groups excluding carboxylic acids is 1. The third-order valence-electron chi connectivity index (χ3n) is 4.30. The van der Waals surface area contributed by atoms with Gasteiger partial charge >= 0.3 is 0 Å². The summed E-state index contributed by atoms with van der Waals surface area (Å²) in [6, 6.07) is 13.2. The Morgan fingerprint density at radius 2 is 1.77 bits per heavy atom. The van der Waals surface area contributed by atoms with Crippen molar-refractivity contribution in [1.29, 1.82) is 0 Å². The van der Waals surface area contributed by atoms with Gasteiger partial charge < -0.3 is 9.64 Å². The van der Waals surface area contributed by atoms with Crippen LogP contribution in [-0.4, -0.2) is 40.0 Å². The third-order valence-corrected chi connectivity index (χ3v) is 5.69. The molecule has 1 heterocycles. The highest BCUT2D eigenvalue weighted by Gasteiger charge is 2.18. The minimum Gasteiger partial charge on any atom is -0.375 e. The smallest absolute Gasteiger partial charge is 0.261 e. The van der Waals surface area contributed by atoms with Gasteiger partial charge in [-0.15, -0.1) is 0 Å². The lowest BCUT2D eigenvalue weighted by Gasteiger charge is -2.33. The Labute approximate surface area is 153 Å². The summed E-state index contributed by atoms with van der Waals surface area (Å²) in [4.78, 5) is 13.6. The lowest BCUT2D eigenvalue weighted by Crippen LogP contribution is -2.41. The molecule has 26 heavy (non-hydrogen) atoms. The van der Waals surface area contributed by atoms with Gasteiger partial charge in [-0.2, -0.15) is 0 Å². The van der Waals surface area contributed by atoms with E-state index in [-0.39, 0.29) is 16.8 Å². The summed E-state index contributed by atoms with van der Waals surface area (Å²) in [5.74, 6) is -0.102. The normalized spacial score (nSPS) is 17.8. The number of morpholine rings is 1. The maximum atomic E-state index is 12.5. The number of ether oxygens (including phenoxy) is 1. The number of rotatable bonds is 5. The Kier molecular flexibility index (Phi) is 5.29. The van der Waals surface area contributed by atoms with Crippen molar-refractivity contribution in [3.05, 3.63) is 54.1 Å². The molecule has 0 aliphatic carbocycles. The summed E-state index contributed by atoms with van der Waals surface area (Å²) >= 11 is 0. The number of nitrogens with one attached hydrogen (secondary N) is 1. The number of anilines is 2. The van der Waals surface area contributed by atoms with E-state index in [4.69, 9.17) is 4.74 Å². The molecule has 2 aromatic rings. The van der Waals surface area contributed by atoms with Crippen molar-refractivity contribution >= 4 is 27.2 Å². The first-order valence-corrected chi connectivity index (χ1v) is 9.94. The minimum atomic E-state index is -3.70. The van der Waals surface area contributed by atoms with Crippen LogP contribution in [0.25, 0.3) is 0 Å². The molecule has 3 rings (SSSR count). The SMILES string of the molecule is CC(=O)c1ccc(S(=O)(=O)Nc2ccc(N3CCOC(C)C3)cc2)cc1. The highest BCUT2D eigenvalue weighted by molar-refractivity contribution is 7.92. The predicted octanol–water partition coefficient (Wildman–Crippen LogP) is 2.92. The topological polar surface area (TPSA) is 75.7 Å². The average molecular weight is 374 g/mol. The first kappa shape index (κ1) is 18.4. The number of hydrogen-bond donors (Lipinski definition) is 1. The van der Waals surface area contributed by atoms with Crippen molar-refractivity contribution in [3.63, 3.8) is 0 Å². The number of ketones is 1. The Morgan fingerprint density at radius 1 is 1.12 bits per heavy atom. The second kappa shape index (κ2) is 7.47. The minimum absolute atomic E-state index is 0.102. The van der Waals surface area contributed by atoms with Crippen LogP contribution in [0.3, 0.4) is 0 Å². The first-order chi connectivity index (χ1) is 12.3. The van der Waals surface area contributed by atoms with Crippen LogP contribution in [0.1, 0.15) is 24.2 Å². The van der Waals surface area contributed by atoms with E-state index in [1.807, 2.05) is 19.1 Å². The van der Waals surface area contributed by atoms with Gasteiger partial charge in [0, 0.05) is 30.0 Å². The fourth-order valence-corrected chi connectivity index (χ4v) is 3.93. The molecule has 138 valence electrons. The van der Waals surface area contributed by atoms with Crippen molar-refractivity contribution in [2.75, 3.05) is 29.3 Å². The van der Waals surface area contributed by atoms with Gasteiger partial charge in [0.2, 0.25) is 0 Å². The maximum Gasteiger partial charge on any atom is 0.261 e. The van der Waals surface area contributed by atoms with Gasteiger partial charge in [-0.3, -0.25) is 9.52 Å². The van der Waals surface area contributed by atoms with Gasteiger partial charge in [0.1, 0.15) is 0 Å². The molecule has 0 amide bonds. The van der Waals surface area contributed by atoms with Crippen LogP contribution in [0.15, 0.2) is 53.4 Å². The van der Waals surface area contributed by atoms with Gasteiger partial charge in [-0.25, -0.2) is 8.42 Å². The third kappa shape index (κ3) is 4.23. The number of sulfonamides is 1. The number of benzene rings is 2. The van der Waals surface area contributed by atoms with E-state index in [9.17, 15) is 13.2 Å². The Morgan fingerprint density at radius 3 is 2.35 bits per heavy atom. The fourth-order valence-electron chi connectivity index (χ4n) is 2.88. The van der Waals surface area contributed by atoms with Crippen molar-refractivity contribution in [2.45, 2.75) is 24.8 Å². The molecule has 6 nitrogen and oxygen atoms in total. The summed E-state index contributed by atoms with van der Waals surface area (Å²) in [6.45, 7) is 5.79. The summed E-state index contributed by atoms with van der Waals surface area (Å²) in [7, 11) is -3.70. The number of carbonyl (C=O) groups is 1. The summed E-state index contributed by atoms with van der Waals surface area (Å²) in [5.41, 5.74) is 2.01. The molecule has 1 saturated heterocycles. The molecule has 1 fully saturated rings. The molecule has 0 saturated carbocycles. The molecular formula is C19H22N2O4S. The standard InChI is InChI=1S/C19H22N2O4S/c1-14-13-21(11-12-25-14)18-7-5-17(6-8-18)20-26(23,24)19-9-3-16(4-10-19)15(2)22/h3-10,14,20H,11-13H2,1-2H3. The zero-order valence-electron chi connectivity index (χ0n) is 14.8. The fraction of sp³-hybridized carbons (Fsp3) is 0.316. The van der Waals surface area contributed by atoms with E-state index in [0.717, 1.165) is 18.8 Å². The molecule has 0 spiro atoms. The van der Waals surface area contributed by atoms with E-state index in [2.05, 4.69) is 9.62 Å². The molecular weight excluding hydrogens is 352 g/mol. The molecule has 1 unspecified atom stereocenters. The highest BCUT2D eigenvalue weighted by atomic mass is 32.2. The lowest BCUT2D eigenvalue weighted by molar-refractivity contribution is 0.0532. The van der Waals surface area contributed by atoms with Crippen molar-refractivity contribution < 1.29 is 17.9 Å². The van der Waals surface area contributed by atoms with Gasteiger partial charge in [-0.1, -0.05) is 12.1 Å². The van der Waals surface area contributed by atoms with E-state index in [0.29, 0.717) is 17.9 Å². The maximum absolute atomic E-state index is 12.5. The molecule has 1 aliphatic rings. The summed E-state index contributed by atoms with van der Waals surface area (Å²) in [5, 5.41) is 0. The molecule has 0 radical (unpaired) electrons. The van der Waals surface area contributed by atoms with E-state index in [1.54, 1.807) is 12.1 Å². The largest absolute Gasteiger partial charge is 0.375 e. The average Bonchev–Trinajstić information content (AvgIpc) is 2.62. The Hall–Kier alpha value is -2.38. The van der Waals surface area contributed by atoms with E-state index in [1.165, 1.54) is 31.2 Å². The first-order valence-electron chi connectivity index (χ1n) is 8.45. The quantitative estimate of drug-likeness (QED) is 0.815. The Balaban J connectivity index is 1.72. The summed E-state index contributed by atoms with van der Waals surface area (Å²) in [6.07, 6.45) is 0.180. The molecule has 2 aromatic carbocycles. The second-order valence-electron chi connectivity index (χ2n) is 6.36. The Bertz CT molecular complexity index is 877. The molecule has 1 N–H and O–H groups in total. The van der Waals surface area contributed by atoms with Crippen molar-refractivity contribution in [3.8, 4) is 0 Å². The molecule has 0 bridgehead atoms. The van der Waals surface area contributed by atoms with Crippen molar-refractivity contribution in [2.24, 2.45) is 0 Å². The molecule has 7 heteroatoms. The number of nitrogens with zero attached hydrogens (tertiary/aromatic N) is 1. The number of hydrogen-bond acceptors (Lipinski definition) is 5. The zero-order chi connectivity index (χ0) is 18.7. The van der Waals surface area contributed by atoms with Crippen LogP contribution in [0.4, 0.5) is 11.4 Å². The van der Waals surface area contributed by atoms with Crippen LogP contribution in [0, 0.1) is 0 Å². The van der Waals surface area contributed by atoms with Gasteiger partial charge in [0.15, 0.2) is 5.78 Å². The van der Waals surface area contributed by atoms with Crippen LogP contribution >= 0.6 is 0 Å². The summed E-state index contributed by atoms with van der Waals surface area (Å²) < 4.78 is 33.1. The second-order valence-corrected chi connectivity index (χ2v) is 8.04. The van der Waals surface area contributed by atoms with Crippen molar-refractivity contribution in [1.82, 2.24) is 0 Å². The molecule has 0 aromatic heterocycles. The predicted molar refractivity (Wildman–Crippen MR) is 101 cm³/mol. The van der Waals surface area contributed by atoms with Gasteiger partial charge in [0.05, 0.1) is 17.6 Å². The van der Waals surface area contributed by atoms with Gasteiger partial charge in [0.25, 0.3) is 10.0 Å². The van der Waals surface area contributed by atoms with Crippen LogP contribution in [0.2, 0.25) is 0 Å². The van der Waals surface area contributed by atoms with Gasteiger partial charge in [-0.05, 0) is 50.2 Å². The van der Waals surface area contributed by atoms with E-state index >= 15 is 0 Å². The molecule has 1 atom stereocenters. The van der Waals surface area contributed by atoms with Crippen LogP contribution < -0.4 is 9.62 Å². The van der Waals surface area contributed by atoms with Crippen LogP contribution in [-0.2, 0) is 14.8 Å². The van der Waals surface area contributed by atoms with Crippen LogP contribution in [0.5, 0.6) is 0 Å². The highest BCUT2D eigenvalue weighted by Crippen LogP contribution is 2.22. The monoisotopic (exact) mass is 374 g/mol. The lowest BCUT2D eigenvalue weighted by atomic mass is 10.2. The zero-order valence-corrected chi connectivity index (χ0v) is 15.6.